The molecule has 1 aromatic heterocycles. The van der Waals surface area contributed by atoms with E-state index in [0.717, 1.165) is 0 Å². The maximum atomic E-state index is 10.4. The molecule has 0 saturated heterocycles. The number of aliphatic hydroxyl groups excluding tert-OH is 1. The van der Waals surface area contributed by atoms with Crippen molar-refractivity contribution in [3.8, 4) is 0 Å². The van der Waals surface area contributed by atoms with Crippen molar-refractivity contribution in [1.82, 2.24) is 4.98 Å². The fourth-order valence-corrected chi connectivity index (χ4v) is 1.09. The lowest BCUT2D eigenvalue weighted by Crippen LogP contribution is -2.01. The number of hydrogen-bond acceptors (Lipinski definition) is 4. The van der Waals surface area contributed by atoms with Crippen LogP contribution in [-0.4, -0.2) is 21.6 Å². The number of nitrogens with zero attached hydrogens (tertiary/aromatic N) is 2. The number of aliphatic hydroxyl groups is 1. The second kappa shape index (κ2) is 4.15. The Morgan fingerprint density at radius 2 is 2.31 bits per heavy atom. The highest BCUT2D eigenvalue weighted by atomic mass is 35.5. The highest BCUT2D eigenvalue weighted by Crippen LogP contribution is 2.19. The molecule has 0 aromatic carbocycles. The fourth-order valence-electron chi connectivity index (χ4n) is 0.923. The summed E-state index contributed by atoms with van der Waals surface area (Å²) in [4.78, 5) is 13.6. The third-order valence-corrected chi connectivity index (χ3v) is 1.67. The number of aromatic nitrogens is 1. The van der Waals surface area contributed by atoms with Gasteiger partial charge in [0, 0.05) is 19.1 Å². The summed E-state index contributed by atoms with van der Waals surface area (Å²) >= 11 is 5.54. The minimum Gasteiger partial charge on any atom is -0.396 e. The van der Waals surface area contributed by atoms with Crippen molar-refractivity contribution in [1.29, 1.82) is 0 Å². The van der Waals surface area contributed by atoms with E-state index in [9.17, 15) is 10.1 Å². The monoisotopic (exact) mass is 202 g/mol. The summed E-state index contributed by atoms with van der Waals surface area (Å²) in [6, 6.07) is 2.63. The maximum absolute atomic E-state index is 10.4. The summed E-state index contributed by atoms with van der Waals surface area (Å²) in [5.74, 6) is 0. The number of hydrogen-bond donors (Lipinski definition) is 1. The zero-order valence-corrected chi connectivity index (χ0v) is 7.36. The van der Waals surface area contributed by atoms with Crippen molar-refractivity contribution in [2.24, 2.45) is 0 Å². The van der Waals surface area contributed by atoms with Gasteiger partial charge in [0.15, 0.2) is 0 Å². The van der Waals surface area contributed by atoms with Gasteiger partial charge >= 0.3 is 0 Å². The number of halogens is 1. The smallest absolute Gasteiger partial charge is 0.290 e. The quantitative estimate of drug-likeness (QED) is 0.454. The molecule has 0 amide bonds. The Morgan fingerprint density at radius 1 is 1.62 bits per heavy atom. The molecule has 0 fully saturated rings. The molecule has 0 atom stereocenters. The molecule has 0 aliphatic rings. The van der Waals surface area contributed by atoms with Gasteiger partial charge in [-0.25, -0.2) is 4.98 Å². The van der Waals surface area contributed by atoms with Crippen molar-refractivity contribution in [3.05, 3.63) is 33.1 Å². The van der Waals surface area contributed by atoms with Crippen molar-refractivity contribution in [3.63, 3.8) is 0 Å². The van der Waals surface area contributed by atoms with Crippen LogP contribution in [0.2, 0.25) is 5.15 Å². The lowest BCUT2D eigenvalue weighted by atomic mass is 10.2. The first kappa shape index (κ1) is 9.88. The first-order valence-corrected chi connectivity index (χ1v) is 3.93. The van der Waals surface area contributed by atoms with Crippen LogP contribution in [0.5, 0.6) is 0 Å². The SMILES string of the molecule is O=[N+]([O-])c1ccc(Cl)nc1CCO. The molecule has 0 saturated carbocycles. The van der Waals surface area contributed by atoms with E-state index in [0.29, 0.717) is 0 Å². The zero-order chi connectivity index (χ0) is 9.84. The molecule has 0 bridgehead atoms. The standard InChI is InChI=1S/C7H7ClN2O3/c8-7-2-1-6(10(12)13)5(9-7)3-4-11/h1-2,11H,3-4H2. The molecule has 6 heteroatoms. The normalized spacial score (nSPS) is 10.0. The molecular weight excluding hydrogens is 196 g/mol. The molecule has 0 aliphatic heterocycles. The molecular formula is C7H7ClN2O3. The minimum atomic E-state index is -0.547. The second-order valence-electron chi connectivity index (χ2n) is 2.33. The Bertz CT molecular complexity index is 330. The van der Waals surface area contributed by atoms with Gasteiger partial charge in [-0.15, -0.1) is 0 Å². The third kappa shape index (κ3) is 2.37. The van der Waals surface area contributed by atoms with Gasteiger partial charge < -0.3 is 5.11 Å². The highest BCUT2D eigenvalue weighted by molar-refractivity contribution is 6.29. The molecule has 70 valence electrons. The van der Waals surface area contributed by atoms with Gasteiger partial charge in [0.05, 0.1) is 4.92 Å². The van der Waals surface area contributed by atoms with Crippen LogP contribution in [0.3, 0.4) is 0 Å². The Balaban J connectivity index is 3.10. The second-order valence-corrected chi connectivity index (χ2v) is 2.72. The van der Waals surface area contributed by atoms with Crippen LogP contribution >= 0.6 is 11.6 Å². The molecule has 1 rings (SSSR count). The molecule has 0 radical (unpaired) electrons. The first-order valence-electron chi connectivity index (χ1n) is 3.56. The molecule has 0 aliphatic carbocycles. The Hall–Kier alpha value is -1.20. The predicted molar refractivity (Wildman–Crippen MR) is 46.7 cm³/mol. The Morgan fingerprint density at radius 3 is 2.85 bits per heavy atom. The lowest BCUT2D eigenvalue weighted by Gasteiger charge is -1.99. The number of pyridine rings is 1. The van der Waals surface area contributed by atoms with Gasteiger partial charge in [0.25, 0.3) is 5.69 Å². The van der Waals surface area contributed by atoms with E-state index in [2.05, 4.69) is 4.98 Å². The van der Waals surface area contributed by atoms with Crippen LogP contribution in [-0.2, 0) is 6.42 Å². The van der Waals surface area contributed by atoms with Crippen LogP contribution in [0.4, 0.5) is 5.69 Å². The molecule has 5 nitrogen and oxygen atoms in total. The van der Waals surface area contributed by atoms with Crippen LogP contribution in [0.1, 0.15) is 5.69 Å². The summed E-state index contributed by atoms with van der Waals surface area (Å²) in [6.45, 7) is -0.186. The summed E-state index contributed by atoms with van der Waals surface area (Å²) in [7, 11) is 0. The average Bonchev–Trinajstić information content (AvgIpc) is 2.04. The van der Waals surface area contributed by atoms with Gasteiger partial charge in [-0.1, -0.05) is 11.6 Å². The molecule has 0 unspecified atom stereocenters. The van der Waals surface area contributed by atoms with Crippen LogP contribution < -0.4 is 0 Å². The van der Waals surface area contributed by atoms with Crippen LogP contribution in [0, 0.1) is 10.1 Å². The summed E-state index contributed by atoms with van der Waals surface area (Å²) in [5.41, 5.74) is 0.0958. The van der Waals surface area contributed by atoms with E-state index >= 15 is 0 Å². The van der Waals surface area contributed by atoms with Gasteiger partial charge in [-0.3, -0.25) is 10.1 Å². The molecule has 1 heterocycles. The first-order chi connectivity index (χ1) is 6.15. The average molecular weight is 203 g/mol. The Labute approximate surface area is 79.1 Å². The van der Waals surface area contributed by atoms with Gasteiger partial charge in [-0.05, 0) is 6.07 Å². The molecule has 1 aromatic rings. The van der Waals surface area contributed by atoms with E-state index in [1.54, 1.807) is 0 Å². The van der Waals surface area contributed by atoms with Crippen molar-refractivity contribution >= 4 is 17.3 Å². The van der Waals surface area contributed by atoms with E-state index in [4.69, 9.17) is 16.7 Å². The minimum absolute atomic E-state index is 0.113. The summed E-state index contributed by atoms with van der Waals surface area (Å²) in [5, 5.41) is 19.2. The van der Waals surface area contributed by atoms with Crippen LogP contribution in [0.15, 0.2) is 12.1 Å². The molecule has 1 N–H and O–H groups in total. The Kier molecular flexibility index (Phi) is 3.16. The van der Waals surface area contributed by atoms with Crippen molar-refractivity contribution in [2.45, 2.75) is 6.42 Å². The molecule has 13 heavy (non-hydrogen) atoms. The van der Waals surface area contributed by atoms with E-state index in [-0.39, 0.29) is 29.6 Å². The topological polar surface area (TPSA) is 76.3 Å². The number of rotatable bonds is 3. The van der Waals surface area contributed by atoms with E-state index in [1.165, 1.54) is 12.1 Å². The third-order valence-electron chi connectivity index (χ3n) is 1.46. The number of nitro groups is 1. The van der Waals surface area contributed by atoms with Crippen molar-refractivity contribution < 1.29 is 10.0 Å². The summed E-state index contributed by atoms with van der Waals surface area (Å²) in [6.07, 6.45) is 0.136. The zero-order valence-electron chi connectivity index (χ0n) is 6.61. The van der Waals surface area contributed by atoms with Gasteiger partial charge in [0.2, 0.25) is 0 Å². The van der Waals surface area contributed by atoms with E-state index < -0.39 is 4.92 Å². The van der Waals surface area contributed by atoms with Crippen LogP contribution in [0.25, 0.3) is 0 Å². The van der Waals surface area contributed by atoms with Gasteiger partial charge in [0.1, 0.15) is 10.8 Å². The maximum Gasteiger partial charge on any atom is 0.290 e. The largest absolute Gasteiger partial charge is 0.396 e. The van der Waals surface area contributed by atoms with Gasteiger partial charge in [-0.2, -0.15) is 0 Å². The summed E-state index contributed by atoms with van der Waals surface area (Å²) < 4.78 is 0. The highest BCUT2D eigenvalue weighted by Gasteiger charge is 2.14. The van der Waals surface area contributed by atoms with E-state index in [1.807, 2.05) is 0 Å². The predicted octanol–water partition coefficient (Wildman–Crippen LogP) is 1.18. The van der Waals surface area contributed by atoms with Crippen molar-refractivity contribution in [2.75, 3.05) is 6.61 Å². The fraction of sp³-hybridized carbons (Fsp3) is 0.286. The molecule has 0 spiro atoms. The lowest BCUT2D eigenvalue weighted by molar-refractivity contribution is -0.386.